The van der Waals surface area contributed by atoms with Crippen molar-refractivity contribution in [1.29, 1.82) is 0 Å². The lowest BCUT2D eigenvalue weighted by Gasteiger charge is -2.24. The van der Waals surface area contributed by atoms with Gasteiger partial charge in [0.05, 0.1) is 5.69 Å². The predicted octanol–water partition coefficient (Wildman–Crippen LogP) is 2.00. The van der Waals surface area contributed by atoms with E-state index in [1.54, 1.807) is 19.1 Å². The molecule has 0 unspecified atom stereocenters. The zero-order valence-electron chi connectivity index (χ0n) is 6.53. The summed E-state index contributed by atoms with van der Waals surface area (Å²) in [5, 5.41) is 19.0. The van der Waals surface area contributed by atoms with Gasteiger partial charge in [0, 0.05) is 0 Å². The molecule has 3 heteroatoms. The van der Waals surface area contributed by atoms with Gasteiger partial charge in [-0.3, -0.25) is 5.21 Å². The lowest BCUT2D eigenvalue weighted by Crippen LogP contribution is -2.08. The van der Waals surface area contributed by atoms with Crippen molar-refractivity contribution in [2.24, 2.45) is 0 Å². The summed E-state index contributed by atoms with van der Waals surface area (Å²) in [4.78, 5) is 0. The van der Waals surface area contributed by atoms with Gasteiger partial charge in [-0.2, -0.15) is 0 Å². The Bertz CT molecular complexity index is 258. The molecule has 60 valence electrons. The molecule has 1 aromatic carbocycles. The van der Waals surface area contributed by atoms with Gasteiger partial charge in [0.25, 0.3) is 0 Å². The van der Waals surface area contributed by atoms with Crippen molar-refractivity contribution in [1.82, 2.24) is 0 Å². The van der Waals surface area contributed by atoms with Crippen LogP contribution in [0.4, 0.5) is 5.69 Å². The Kier molecular flexibility index (Phi) is 2.12. The van der Waals surface area contributed by atoms with Crippen LogP contribution in [0.1, 0.15) is 11.1 Å². The van der Waals surface area contributed by atoms with Crippen LogP contribution in [0.25, 0.3) is 0 Å². The van der Waals surface area contributed by atoms with Crippen LogP contribution in [0.3, 0.4) is 0 Å². The number of nitrogens with zero attached hydrogens (tertiary/aromatic N) is 1. The zero-order valence-corrected chi connectivity index (χ0v) is 6.53. The summed E-state index contributed by atoms with van der Waals surface area (Å²) < 4.78 is 0. The van der Waals surface area contributed by atoms with Crippen LogP contribution < -0.4 is 5.23 Å². The van der Waals surface area contributed by atoms with E-state index < -0.39 is 0 Å². The van der Waals surface area contributed by atoms with Crippen LogP contribution >= 0.6 is 0 Å². The summed E-state index contributed by atoms with van der Waals surface area (Å²) in [5.74, 6) is 0. The summed E-state index contributed by atoms with van der Waals surface area (Å²) in [5.41, 5.74) is 2.12. The monoisotopic (exact) mass is 152 g/mol. The second-order valence-corrected chi connectivity index (χ2v) is 2.49. The fourth-order valence-corrected chi connectivity index (χ4v) is 0.943. The van der Waals surface area contributed by atoms with E-state index in [1.165, 1.54) is 0 Å². The Labute approximate surface area is 65.4 Å². The van der Waals surface area contributed by atoms with E-state index in [0.717, 1.165) is 11.1 Å². The number of hydrogen-bond donors (Lipinski definition) is 1. The maximum atomic E-state index is 10.5. The van der Waals surface area contributed by atoms with Crippen molar-refractivity contribution >= 4 is 5.69 Å². The van der Waals surface area contributed by atoms with Gasteiger partial charge in [-0.1, -0.05) is 12.1 Å². The average molecular weight is 152 g/mol. The first kappa shape index (κ1) is 8.04. The highest BCUT2D eigenvalue weighted by atomic mass is 16.8. The Morgan fingerprint density at radius 2 is 2.00 bits per heavy atom. The molecule has 1 N–H and O–H groups in total. The maximum Gasteiger partial charge on any atom is 0.0540 e. The number of rotatable bonds is 1. The molecule has 1 aromatic rings. The Morgan fingerprint density at radius 1 is 1.36 bits per heavy atom. The summed E-state index contributed by atoms with van der Waals surface area (Å²) in [7, 11) is 0. The molecule has 0 spiro atoms. The summed E-state index contributed by atoms with van der Waals surface area (Å²) in [6.07, 6.45) is 0. The molecule has 0 radical (unpaired) electrons. The highest BCUT2D eigenvalue weighted by Crippen LogP contribution is 2.20. The van der Waals surface area contributed by atoms with Crippen LogP contribution in [0.5, 0.6) is 0 Å². The Morgan fingerprint density at radius 3 is 2.45 bits per heavy atom. The molecule has 0 bridgehead atoms. The van der Waals surface area contributed by atoms with Crippen molar-refractivity contribution in [3.05, 3.63) is 34.5 Å². The highest BCUT2D eigenvalue weighted by Gasteiger charge is 1.98. The predicted molar refractivity (Wildman–Crippen MR) is 43.5 cm³/mol. The summed E-state index contributed by atoms with van der Waals surface area (Å²) in [6.45, 7) is 3.69. The molecule has 0 aliphatic carbocycles. The molecule has 0 amide bonds. The molecule has 0 atom stereocenters. The third-order valence-corrected chi connectivity index (χ3v) is 1.78. The third-order valence-electron chi connectivity index (χ3n) is 1.78. The van der Waals surface area contributed by atoms with Crippen LogP contribution in [-0.2, 0) is 0 Å². The minimum Gasteiger partial charge on any atom is -0.733 e. The average Bonchev–Trinajstić information content (AvgIpc) is 1.94. The van der Waals surface area contributed by atoms with E-state index in [0.29, 0.717) is 5.69 Å². The quantitative estimate of drug-likeness (QED) is 0.626. The second kappa shape index (κ2) is 2.90. The molecule has 1 rings (SSSR count). The van der Waals surface area contributed by atoms with Gasteiger partial charge in [-0.15, -0.1) is 0 Å². The fourth-order valence-electron chi connectivity index (χ4n) is 0.943. The molecule has 0 aliphatic rings. The molecule has 0 fully saturated rings. The standard InChI is InChI=1S/C8H10NO2/c1-6-4-3-5-8(7(6)2)9(10)11/h3-5,10H,1-2H3/q-1. The van der Waals surface area contributed by atoms with Gasteiger partial charge < -0.3 is 10.4 Å². The number of anilines is 1. The first-order valence-electron chi connectivity index (χ1n) is 3.35. The molecule has 0 saturated carbocycles. The summed E-state index contributed by atoms with van der Waals surface area (Å²) in [6, 6.07) is 5.20. The van der Waals surface area contributed by atoms with Crippen molar-refractivity contribution < 1.29 is 5.21 Å². The van der Waals surface area contributed by atoms with Crippen LogP contribution in [0.15, 0.2) is 18.2 Å². The second-order valence-electron chi connectivity index (χ2n) is 2.49. The van der Waals surface area contributed by atoms with E-state index in [2.05, 4.69) is 0 Å². The fraction of sp³-hybridized carbons (Fsp3) is 0.250. The molecule has 0 heterocycles. The van der Waals surface area contributed by atoms with Crippen LogP contribution in [-0.4, -0.2) is 5.21 Å². The molecular weight excluding hydrogens is 142 g/mol. The Hall–Kier alpha value is -1.06. The van der Waals surface area contributed by atoms with Crippen molar-refractivity contribution in [2.45, 2.75) is 13.8 Å². The third kappa shape index (κ3) is 1.50. The smallest absolute Gasteiger partial charge is 0.0540 e. The number of benzene rings is 1. The van der Waals surface area contributed by atoms with E-state index in [-0.39, 0.29) is 5.23 Å². The van der Waals surface area contributed by atoms with E-state index in [4.69, 9.17) is 5.21 Å². The first-order chi connectivity index (χ1) is 5.13. The zero-order chi connectivity index (χ0) is 8.43. The van der Waals surface area contributed by atoms with Gasteiger partial charge in [-0.25, -0.2) is 0 Å². The van der Waals surface area contributed by atoms with Crippen LogP contribution in [0.2, 0.25) is 0 Å². The lowest BCUT2D eigenvalue weighted by atomic mass is 10.1. The molecule has 0 aromatic heterocycles. The SMILES string of the molecule is Cc1cccc(N([O-])O)c1C. The normalized spacial score (nSPS) is 9.82. The lowest BCUT2D eigenvalue weighted by molar-refractivity contribution is 0.296. The number of aryl methyl sites for hydroxylation is 1. The topological polar surface area (TPSA) is 46.5 Å². The van der Waals surface area contributed by atoms with Gasteiger partial charge in [0.2, 0.25) is 0 Å². The molecule has 3 nitrogen and oxygen atoms in total. The van der Waals surface area contributed by atoms with Crippen molar-refractivity contribution in [3.8, 4) is 0 Å². The van der Waals surface area contributed by atoms with Crippen molar-refractivity contribution in [3.63, 3.8) is 0 Å². The highest BCUT2D eigenvalue weighted by molar-refractivity contribution is 5.54. The Balaban J connectivity index is 3.17. The molecular formula is C8H10NO2-. The molecule has 0 aliphatic heterocycles. The van der Waals surface area contributed by atoms with E-state index >= 15 is 0 Å². The minimum atomic E-state index is -0.109. The summed E-state index contributed by atoms with van der Waals surface area (Å²) >= 11 is 0. The largest absolute Gasteiger partial charge is 0.733 e. The van der Waals surface area contributed by atoms with E-state index in [1.807, 2.05) is 13.0 Å². The molecule has 0 saturated heterocycles. The van der Waals surface area contributed by atoms with Gasteiger partial charge in [0.15, 0.2) is 0 Å². The minimum absolute atomic E-state index is 0.109. The molecule has 11 heavy (non-hydrogen) atoms. The van der Waals surface area contributed by atoms with Gasteiger partial charge in [-0.05, 0) is 31.0 Å². The van der Waals surface area contributed by atoms with E-state index in [9.17, 15) is 5.21 Å². The van der Waals surface area contributed by atoms with Crippen molar-refractivity contribution in [2.75, 3.05) is 5.23 Å². The maximum absolute atomic E-state index is 10.5. The van der Waals surface area contributed by atoms with Gasteiger partial charge in [0.1, 0.15) is 0 Å². The first-order valence-corrected chi connectivity index (χ1v) is 3.35. The van der Waals surface area contributed by atoms with Crippen LogP contribution in [0, 0.1) is 19.1 Å². The van der Waals surface area contributed by atoms with Gasteiger partial charge >= 0.3 is 0 Å². The number of hydrogen-bond acceptors (Lipinski definition) is 3.